The van der Waals surface area contributed by atoms with Crippen LogP contribution in [0.25, 0.3) is 0 Å². The van der Waals surface area contributed by atoms with Crippen molar-refractivity contribution in [1.29, 1.82) is 0 Å². The topological polar surface area (TPSA) is 58.6 Å². The Bertz CT molecular complexity index is 930. The number of nitrogens with zero attached hydrogens (tertiary/aromatic N) is 1. The Morgan fingerprint density at radius 2 is 1.70 bits per heavy atom. The molecule has 2 aromatic rings. The second-order valence-corrected chi connectivity index (χ2v) is 9.39. The predicted octanol–water partition coefficient (Wildman–Crippen LogP) is 5.25. The van der Waals surface area contributed by atoms with Crippen LogP contribution in [-0.2, 0) is 16.1 Å². The number of aryl methyl sites for hydroxylation is 3. The summed E-state index contributed by atoms with van der Waals surface area (Å²) >= 11 is 0. The van der Waals surface area contributed by atoms with Crippen molar-refractivity contribution >= 4 is 11.8 Å². The molecule has 0 heterocycles. The van der Waals surface area contributed by atoms with E-state index in [1.54, 1.807) is 4.90 Å². The molecule has 0 spiro atoms. The maximum atomic E-state index is 13.4. The zero-order chi connectivity index (χ0) is 23.8. The van der Waals surface area contributed by atoms with E-state index in [0.717, 1.165) is 47.9 Å². The van der Waals surface area contributed by atoms with Crippen LogP contribution in [0.3, 0.4) is 0 Å². The SMILES string of the molecule is CCC(C(=O)NC1CCCCC1)N(Cc1cccc(C)c1)C(=O)COc1cc(C)cc(C)c1. The molecular weight excluding hydrogens is 412 g/mol. The Balaban J connectivity index is 1.77. The van der Waals surface area contributed by atoms with Gasteiger partial charge in [-0.1, -0.05) is 62.1 Å². The first kappa shape index (κ1) is 24.8. The van der Waals surface area contributed by atoms with E-state index < -0.39 is 6.04 Å². The molecule has 2 aromatic carbocycles. The molecule has 33 heavy (non-hydrogen) atoms. The Morgan fingerprint density at radius 3 is 2.33 bits per heavy atom. The van der Waals surface area contributed by atoms with Gasteiger partial charge in [0.15, 0.2) is 6.61 Å². The highest BCUT2D eigenvalue weighted by Gasteiger charge is 2.30. The lowest BCUT2D eigenvalue weighted by Gasteiger charge is -2.32. The van der Waals surface area contributed by atoms with E-state index in [0.29, 0.717) is 18.7 Å². The van der Waals surface area contributed by atoms with Gasteiger partial charge in [-0.2, -0.15) is 0 Å². The molecule has 0 aromatic heterocycles. The maximum Gasteiger partial charge on any atom is 0.261 e. The van der Waals surface area contributed by atoms with Gasteiger partial charge in [0.25, 0.3) is 5.91 Å². The summed E-state index contributed by atoms with van der Waals surface area (Å²) in [7, 11) is 0. The van der Waals surface area contributed by atoms with Crippen molar-refractivity contribution < 1.29 is 14.3 Å². The molecule has 1 fully saturated rings. The summed E-state index contributed by atoms with van der Waals surface area (Å²) in [6.45, 7) is 8.30. The minimum absolute atomic E-state index is 0.0585. The Morgan fingerprint density at radius 1 is 1.00 bits per heavy atom. The number of amides is 2. The van der Waals surface area contributed by atoms with Gasteiger partial charge in [0.1, 0.15) is 11.8 Å². The van der Waals surface area contributed by atoms with Crippen molar-refractivity contribution in [3.8, 4) is 5.75 Å². The van der Waals surface area contributed by atoms with Crippen LogP contribution in [0.1, 0.15) is 67.7 Å². The molecule has 178 valence electrons. The van der Waals surface area contributed by atoms with Gasteiger partial charge in [0.2, 0.25) is 5.91 Å². The summed E-state index contributed by atoms with van der Waals surface area (Å²) in [4.78, 5) is 28.3. The van der Waals surface area contributed by atoms with Gasteiger partial charge in [0, 0.05) is 12.6 Å². The minimum Gasteiger partial charge on any atom is -0.484 e. The fourth-order valence-electron chi connectivity index (χ4n) is 4.72. The van der Waals surface area contributed by atoms with Crippen LogP contribution in [0.2, 0.25) is 0 Å². The van der Waals surface area contributed by atoms with Crippen molar-refractivity contribution in [2.45, 2.75) is 84.8 Å². The summed E-state index contributed by atoms with van der Waals surface area (Å²) in [5.74, 6) is 0.439. The van der Waals surface area contributed by atoms with Crippen molar-refractivity contribution in [3.63, 3.8) is 0 Å². The van der Waals surface area contributed by atoms with Crippen LogP contribution in [0.4, 0.5) is 0 Å². The standard InChI is InChI=1S/C28H38N2O3/c1-5-26(28(32)29-24-12-7-6-8-13-24)30(18-23-11-9-10-20(2)15-23)27(31)19-33-25-16-21(3)14-22(4)17-25/h9-11,14-17,24,26H,5-8,12-13,18-19H2,1-4H3,(H,29,32). The molecule has 0 saturated heterocycles. The van der Waals surface area contributed by atoms with Gasteiger partial charge in [-0.05, 0) is 68.9 Å². The van der Waals surface area contributed by atoms with Gasteiger partial charge < -0.3 is 15.0 Å². The smallest absolute Gasteiger partial charge is 0.261 e. The highest BCUT2D eigenvalue weighted by atomic mass is 16.5. The Kier molecular flexibility index (Phi) is 8.93. The number of rotatable bonds is 9. The molecule has 1 atom stereocenters. The summed E-state index contributed by atoms with van der Waals surface area (Å²) in [6.07, 6.45) is 6.12. The Hall–Kier alpha value is -2.82. The molecular formula is C28H38N2O3. The van der Waals surface area contributed by atoms with Gasteiger partial charge in [-0.3, -0.25) is 9.59 Å². The average Bonchev–Trinajstić information content (AvgIpc) is 2.77. The second-order valence-electron chi connectivity index (χ2n) is 9.39. The number of carbonyl (C=O) groups is 2. The van der Waals surface area contributed by atoms with Gasteiger partial charge in [-0.25, -0.2) is 0 Å². The first-order valence-electron chi connectivity index (χ1n) is 12.2. The molecule has 1 aliphatic carbocycles. The monoisotopic (exact) mass is 450 g/mol. The number of nitrogens with one attached hydrogen (secondary N) is 1. The van der Waals surface area contributed by atoms with Crippen molar-refractivity contribution in [1.82, 2.24) is 10.2 Å². The van der Waals surface area contributed by atoms with E-state index in [4.69, 9.17) is 4.74 Å². The van der Waals surface area contributed by atoms with Crippen molar-refractivity contribution in [3.05, 3.63) is 64.7 Å². The van der Waals surface area contributed by atoms with Gasteiger partial charge >= 0.3 is 0 Å². The highest BCUT2D eigenvalue weighted by Crippen LogP contribution is 2.20. The normalized spacial score (nSPS) is 15.0. The van der Waals surface area contributed by atoms with Crippen molar-refractivity contribution in [2.24, 2.45) is 0 Å². The highest BCUT2D eigenvalue weighted by molar-refractivity contribution is 5.88. The van der Waals surface area contributed by atoms with Crippen LogP contribution in [-0.4, -0.2) is 35.4 Å². The third kappa shape index (κ3) is 7.34. The second kappa shape index (κ2) is 11.9. The van der Waals surface area contributed by atoms with E-state index in [-0.39, 0.29) is 24.5 Å². The van der Waals surface area contributed by atoms with E-state index in [2.05, 4.69) is 17.4 Å². The summed E-state index contributed by atoms with van der Waals surface area (Å²) < 4.78 is 5.87. The third-order valence-corrected chi connectivity index (χ3v) is 6.33. The molecule has 1 aliphatic rings. The van der Waals surface area contributed by atoms with Crippen LogP contribution in [0.15, 0.2) is 42.5 Å². The molecule has 1 unspecified atom stereocenters. The van der Waals surface area contributed by atoms with E-state index in [9.17, 15) is 9.59 Å². The lowest BCUT2D eigenvalue weighted by molar-refractivity contribution is -0.143. The molecule has 2 amide bonds. The molecule has 0 aliphatic heterocycles. The number of ether oxygens (including phenoxy) is 1. The first-order valence-corrected chi connectivity index (χ1v) is 12.2. The summed E-state index contributed by atoms with van der Waals surface area (Å²) in [5, 5.41) is 3.22. The quantitative estimate of drug-likeness (QED) is 0.568. The maximum absolute atomic E-state index is 13.4. The van der Waals surface area contributed by atoms with Crippen LogP contribution < -0.4 is 10.1 Å². The molecule has 0 radical (unpaired) electrons. The van der Waals surface area contributed by atoms with Crippen molar-refractivity contribution in [2.75, 3.05) is 6.61 Å². The predicted molar refractivity (Wildman–Crippen MR) is 132 cm³/mol. The zero-order valence-electron chi connectivity index (χ0n) is 20.5. The molecule has 3 rings (SSSR count). The number of carbonyl (C=O) groups excluding carboxylic acids is 2. The number of hydrogen-bond acceptors (Lipinski definition) is 3. The van der Waals surface area contributed by atoms with E-state index in [1.807, 2.05) is 58.0 Å². The average molecular weight is 451 g/mol. The number of benzene rings is 2. The molecule has 5 heteroatoms. The first-order chi connectivity index (χ1) is 15.9. The summed E-state index contributed by atoms with van der Waals surface area (Å²) in [5.41, 5.74) is 4.32. The van der Waals surface area contributed by atoms with Gasteiger partial charge in [0.05, 0.1) is 0 Å². The minimum atomic E-state index is -0.525. The molecule has 0 bridgehead atoms. The van der Waals surface area contributed by atoms with E-state index in [1.165, 1.54) is 6.42 Å². The lowest BCUT2D eigenvalue weighted by atomic mass is 9.95. The number of hydrogen-bond donors (Lipinski definition) is 1. The Labute approximate surface area is 198 Å². The fraction of sp³-hybridized carbons (Fsp3) is 0.500. The molecule has 1 N–H and O–H groups in total. The molecule has 5 nitrogen and oxygen atoms in total. The van der Waals surface area contributed by atoms with Gasteiger partial charge in [-0.15, -0.1) is 0 Å². The lowest BCUT2D eigenvalue weighted by Crippen LogP contribution is -2.52. The third-order valence-electron chi connectivity index (χ3n) is 6.33. The largest absolute Gasteiger partial charge is 0.484 e. The van der Waals surface area contributed by atoms with Crippen LogP contribution >= 0.6 is 0 Å². The zero-order valence-corrected chi connectivity index (χ0v) is 20.5. The molecule has 1 saturated carbocycles. The van der Waals surface area contributed by atoms with Crippen LogP contribution in [0.5, 0.6) is 5.75 Å². The van der Waals surface area contributed by atoms with E-state index >= 15 is 0 Å². The summed E-state index contributed by atoms with van der Waals surface area (Å²) in [6, 6.07) is 13.7. The fourth-order valence-corrected chi connectivity index (χ4v) is 4.72. The van der Waals surface area contributed by atoms with Crippen LogP contribution in [0, 0.1) is 20.8 Å².